The summed E-state index contributed by atoms with van der Waals surface area (Å²) in [6.45, 7) is 3.10. The number of hydrogen-bond donors (Lipinski definition) is 3. The summed E-state index contributed by atoms with van der Waals surface area (Å²) in [5, 5.41) is 8.86. The van der Waals surface area contributed by atoms with E-state index in [9.17, 15) is 9.59 Å². The van der Waals surface area contributed by atoms with Crippen molar-refractivity contribution in [2.45, 2.75) is 25.9 Å². The molecule has 2 amide bonds. The van der Waals surface area contributed by atoms with E-state index in [0.29, 0.717) is 30.9 Å². The normalized spacial score (nSPS) is 15.1. The second-order valence-electron chi connectivity index (χ2n) is 6.16. The standard InChI is InChI=1S/C20H23N3O3.ClH/c1-2-21-19(24)13-26-17-9-7-16(8-10-17)23-20(25)18-11-14-5-3-4-6-15(14)12-22-18;/h3-10,18,22H,2,11-13H2,1H3,(H,21,24)(H,23,25);1H. The van der Waals surface area contributed by atoms with Gasteiger partial charge in [-0.2, -0.15) is 0 Å². The molecule has 0 radical (unpaired) electrons. The second kappa shape index (κ2) is 9.94. The predicted octanol–water partition coefficient (Wildman–Crippen LogP) is 2.28. The van der Waals surface area contributed by atoms with Crippen molar-refractivity contribution in [3.8, 4) is 5.75 Å². The van der Waals surface area contributed by atoms with E-state index in [1.54, 1.807) is 24.3 Å². The SMILES string of the molecule is CCNC(=O)COc1ccc(NC(=O)C2Cc3ccccc3CN2)cc1.Cl. The molecule has 1 unspecified atom stereocenters. The molecule has 0 saturated carbocycles. The molecule has 0 aliphatic carbocycles. The number of halogens is 1. The largest absolute Gasteiger partial charge is 0.484 e. The Morgan fingerprint density at radius 2 is 1.81 bits per heavy atom. The Morgan fingerprint density at radius 1 is 1.11 bits per heavy atom. The van der Waals surface area contributed by atoms with Crippen molar-refractivity contribution in [1.82, 2.24) is 10.6 Å². The number of ether oxygens (including phenoxy) is 1. The molecule has 1 aliphatic heterocycles. The number of likely N-dealkylation sites (N-methyl/N-ethyl adjacent to an activating group) is 1. The van der Waals surface area contributed by atoms with Crippen molar-refractivity contribution >= 4 is 29.9 Å². The molecule has 27 heavy (non-hydrogen) atoms. The van der Waals surface area contributed by atoms with Gasteiger partial charge in [0.15, 0.2) is 6.61 Å². The van der Waals surface area contributed by atoms with Gasteiger partial charge in [0, 0.05) is 18.8 Å². The number of nitrogens with one attached hydrogen (secondary N) is 3. The average Bonchev–Trinajstić information content (AvgIpc) is 2.67. The first kappa shape index (κ1) is 20.7. The van der Waals surface area contributed by atoms with E-state index in [4.69, 9.17) is 4.74 Å². The third-order valence-electron chi connectivity index (χ3n) is 4.26. The third-order valence-corrected chi connectivity index (χ3v) is 4.26. The lowest BCUT2D eigenvalue weighted by atomic mass is 9.95. The zero-order chi connectivity index (χ0) is 18.4. The van der Waals surface area contributed by atoms with E-state index in [-0.39, 0.29) is 36.9 Å². The topological polar surface area (TPSA) is 79.5 Å². The first-order valence-corrected chi connectivity index (χ1v) is 8.76. The van der Waals surface area contributed by atoms with Crippen LogP contribution in [0, 0.1) is 0 Å². The first-order valence-electron chi connectivity index (χ1n) is 8.76. The Bertz CT molecular complexity index is 780. The lowest BCUT2D eigenvalue weighted by Gasteiger charge is -2.25. The molecule has 0 aromatic heterocycles. The van der Waals surface area contributed by atoms with Crippen molar-refractivity contribution in [3.63, 3.8) is 0 Å². The summed E-state index contributed by atoms with van der Waals surface area (Å²) in [7, 11) is 0. The fourth-order valence-corrected chi connectivity index (χ4v) is 2.90. The summed E-state index contributed by atoms with van der Waals surface area (Å²) in [4.78, 5) is 23.9. The fraction of sp³-hybridized carbons (Fsp3) is 0.300. The zero-order valence-corrected chi connectivity index (χ0v) is 16.0. The molecule has 3 N–H and O–H groups in total. The molecule has 0 bridgehead atoms. The molecule has 1 atom stereocenters. The molecule has 144 valence electrons. The van der Waals surface area contributed by atoms with E-state index in [1.165, 1.54) is 11.1 Å². The van der Waals surface area contributed by atoms with Crippen molar-refractivity contribution in [2.24, 2.45) is 0 Å². The highest BCUT2D eigenvalue weighted by atomic mass is 35.5. The van der Waals surface area contributed by atoms with Crippen LogP contribution < -0.4 is 20.7 Å². The van der Waals surface area contributed by atoms with E-state index in [1.807, 2.05) is 19.1 Å². The fourth-order valence-electron chi connectivity index (χ4n) is 2.90. The summed E-state index contributed by atoms with van der Waals surface area (Å²) in [5.74, 6) is 0.364. The van der Waals surface area contributed by atoms with Gasteiger partial charge in [-0.15, -0.1) is 12.4 Å². The molecule has 0 saturated heterocycles. The van der Waals surface area contributed by atoms with Gasteiger partial charge in [-0.1, -0.05) is 24.3 Å². The van der Waals surface area contributed by atoms with Crippen LogP contribution in [0.4, 0.5) is 5.69 Å². The highest BCUT2D eigenvalue weighted by molar-refractivity contribution is 5.95. The van der Waals surface area contributed by atoms with Gasteiger partial charge in [-0.05, 0) is 48.7 Å². The average molecular weight is 390 g/mol. The lowest BCUT2D eigenvalue weighted by Crippen LogP contribution is -2.44. The molecular weight excluding hydrogens is 366 g/mol. The van der Waals surface area contributed by atoms with Gasteiger partial charge in [0.25, 0.3) is 5.91 Å². The Labute approximate surface area is 165 Å². The quantitative estimate of drug-likeness (QED) is 0.708. The van der Waals surface area contributed by atoms with Gasteiger partial charge >= 0.3 is 0 Å². The van der Waals surface area contributed by atoms with Gasteiger partial charge in [0.1, 0.15) is 5.75 Å². The van der Waals surface area contributed by atoms with Crippen molar-refractivity contribution in [1.29, 1.82) is 0 Å². The van der Waals surface area contributed by atoms with Crippen LogP contribution in [0.2, 0.25) is 0 Å². The van der Waals surface area contributed by atoms with Crippen LogP contribution in [-0.2, 0) is 22.6 Å². The van der Waals surface area contributed by atoms with Gasteiger partial charge in [-0.25, -0.2) is 0 Å². The van der Waals surface area contributed by atoms with Crippen molar-refractivity contribution in [3.05, 3.63) is 59.7 Å². The minimum atomic E-state index is -0.251. The first-order chi connectivity index (χ1) is 12.7. The minimum Gasteiger partial charge on any atom is -0.484 e. The summed E-state index contributed by atoms with van der Waals surface area (Å²) in [6, 6.07) is 14.9. The molecule has 2 aromatic carbocycles. The van der Waals surface area contributed by atoms with Crippen LogP contribution in [0.25, 0.3) is 0 Å². The maximum atomic E-state index is 12.5. The Balaban J connectivity index is 0.00000261. The van der Waals surface area contributed by atoms with Crippen molar-refractivity contribution in [2.75, 3.05) is 18.5 Å². The highest BCUT2D eigenvalue weighted by Gasteiger charge is 2.23. The molecule has 7 heteroatoms. The van der Waals surface area contributed by atoms with E-state index in [2.05, 4.69) is 28.1 Å². The third kappa shape index (κ3) is 5.70. The van der Waals surface area contributed by atoms with Crippen LogP contribution in [0.15, 0.2) is 48.5 Å². The molecular formula is C20H24ClN3O3. The van der Waals surface area contributed by atoms with Gasteiger partial charge in [-0.3, -0.25) is 9.59 Å². The maximum absolute atomic E-state index is 12.5. The lowest BCUT2D eigenvalue weighted by molar-refractivity contribution is -0.123. The summed E-state index contributed by atoms with van der Waals surface area (Å²) in [6.07, 6.45) is 0.676. The molecule has 0 fully saturated rings. The Kier molecular flexibility index (Phi) is 7.64. The monoisotopic (exact) mass is 389 g/mol. The van der Waals surface area contributed by atoms with Crippen molar-refractivity contribution < 1.29 is 14.3 Å². The van der Waals surface area contributed by atoms with Crippen LogP contribution in [0.3, 0.4) is 0 Å². The second-order valence-corrected chi connectivity index (χ2v) is 6.16. The number of hydrogen-bond acceptors (Lipinski definition) is 4. The van der Waals surface area contributed by atoms with E-state index < -0.39 is 0 Å². The van der Waals surface area contributed by atoms with E-state index >= 15 is 0 Å². The van der Waals surface area contributed by atoms with Gasteiger partial charge in [0.05, 0.1) is 6.04 Å². The minimum absolute atomic E-state index is 0. The summed E-state index contributed by atoms with van der Waals surface area (Å²) in [5.41, 5.74) is 3.15. The molecule has 6 nitrogen and oxygen atoms in total. The number of benzene rings is 2. The molecule has 3 rings (SSSR count). The molecule has 0 spiro atoms. The Morgan fingerprint density at radius 3 is 2.52 bits per heavy atom. The Hall–Kier alpha value is -2.57. The smallest absolute Gasteiger partial charge is 0.257 e. The van der Waals surface area contributed by atoms with Crippen LogP contribution in [0.1, 0.15) is 18.1 Å². The predicted molar refractivity (Wildman–Crippen MR) is 107 cm³/mol. The highest BCUT2D eigenvalue weighted by Crippen LogP contribution is 2.19. The van der Waals surface area contributed by atoms with Gasteiger partial charge < -0.3 is 20.7 Å². The summed E-state index contributed by atoms with van der Waals surface area (Å²) >= 11 is 0. The number of carbonyl (C=O) groups is 2. The van der Waals surface area contributed by atoms with Crippen LogP contribution in [0.5, 0.6) is 5.75 Å². The van der Waals surface area contributed by atoms with Crippen LogP contribution >= 0.6 is 12.4 Å². The maximum Gasteiger partial charge on any atom is 0.257 e. The molecule has 1 heterocycles. The number of amides is 2. The van der Waals surface area contributed by atoms with Crippen LogP contribution in [-0.4, -0.2) is 31.0 Å². The van der Waals surface area contributed by atoms with E-state index in [0.717, 1.165) is 0 Å². The number of fused-ring (bicyclic) bond motifs is 1. The summed E-state index contributed by atoms with van der Waals surface area (Å²) < 4.78 is 5.40. The zero-order valence-electron chi connectivity index (χ0n) is 15.2. The number of carbonyl (C=O) groups excluding carboxylic acids is 2. The molecule has 2 aromatic rings. The number of rotatable bonds is 6. The number of anilines is 1. The van der Waals surface area contributed by atoms with Gasteiger partial charge in [0.2, 0.25) is 5.91 Å². The molecule has 1 aliphatic rings.